The van der Waals surface area contributed by atoms with Crippen molar-refractivity contribution in [3.8, 4) is 22.7 Å². The van der Waals surface area contributed by atoms with Gasteiger partial charge in [0.05, 0.1) is 23.6 Å². The summed E-state index contributed by atoms with van der Waals surface area (Å²) in [5, 5.41) is 4.92. The molecule has 0 spiro atoms. The Hall–Kier alpha value is -5.23. The van der Waals surface area contributed by atoms with Gasteiger partial charge < -0.3 is 9.15 Å². The zero-order chi connectivity index (χ0) is 26.6. The zero-order valence-corrected chi connectivity index (χ0v) is 21.3. The molecule has 2 aromatic heterocycles. The predicted octanol–water partition coefficient (Wildman–Crippen LogP) is 7.50. The number of para-hydroxylation sites is 3. The molecule has 0 radical (unpaired) electrons. The number of Topliss-reactive ketones (excluding diaryl/α,β-unsaturated/α-hetero) is 1. The maximum Gasteiger partial charge on any atom is 0.231 e. The van der Waals surface area contributed by atoms with Crippen molar-refractivity contribution in [2.24, 2.45) is 0 Å². The Balaban J connectivity index is 1.54. The second-order valence-electron chi connectivity index (χ2n) is 8.91. The largest absolute Gasteiger partial charge is 0.494 e. The van der Waals surface area contributed by atoms with Crippen LogP contribution in [0.4, 0.5) is 0 Å². The molecule has 0 aliphatic heterocycles. The molecule has 0 aliphatic rings. The van der Waals surface area contributed by atoms with Gasteiger partial charge in [-0.3, -0.25) is 4.79 Å². The van der Waals surface area contributed by atoms with Crippen LogP contribution in [0.15, 0.2) is 120 Å². The molecule has 190 valence electrons. The van der Waals surface area contributed by atoms with Crippen molar-refractivity contribution in [2.45, 2.75) is 6.92 Å². The molecule has 0 N–H and O–H groups in total. The van der Waals surface area contributed by atoms with Crippen molar-refractivity contribution in [1.29, 1.82) is 0 Å². The first kappa shape index (κ1) is 24.1. The highest BCUT2D eigenvalue weighted by Gasteiger charge is 2.22. The Bertz CT molecular complexity index is 1730. The Morgan fingerprint density at radius 3 is 2.28 bits per heavy atom. The number of hydrogen-bond donors (Lipinski definition) is 0. The number of oxazole rings is 1. The normalized spacial score (nSPS) is 11.6. The molecule has 6 nitrogen and oxygen atoms in total. The van der Waals surface area contributed by atoms with Crippen molar-refractivity contribution < 1.29 is 13.9 Å². The van der Waals surface area contributed by atoms with Crippen LogP contribution in [0.3, 0.4) is 0 Å². The van der Waals surface area contributed by atoms with Crippen molar-refractivity contribution in [3.05, 3.63) is 132 Å². The molecule has 6 aromatic rings. The first-order chi connectivity index (χ1) is 19.2. The molecule has 0 atom stereocenters. The van der Waals surface area contributed by atoms with Gasteiger partial charge in [-0.15, -0.1) is 0 Å². The quantitative estimate of drug-likeness (QED) is 0.156. The molecule has 0 saturated carbocycles. The molecule has 0 bridgehead atoms. The molecule has 39 heavy (non-hydrogen) atoms. The monoisotopic (exact) mass is 511 g/mol. The fourth-order valence-electron chi connectivity index (χ4n) is 4.42. The topological polar surface area (TPSA) is 70.2 Å². The van der Waals surface area contributed by atoms with E-state index in [1.165, 1.54) is 0 Å². The van der Waals surface area contributed by atoms with Gasteiger partial charge in [-0.1, -0.05) is 60.7 Å². The minimum atomic E-state index is -0.188. The van der Waals surface area contributed by atoms with Crippen LogP contribution in [0.1, 0.15) is 28.7 Å². The van der Waals surface area contributed by atoms with E-state index in [1.54, 1.807) is 12.1 Å². The third kappa shape index (κ3) is 5.00. The molecule has 0 aliphatic carbocycles. The maximum absolute atomic E-state index is 13.9. The van der Waals surface area contributed by atoms with Crippen LogP contribution in [-0.2, 0) is 0 Å². The Morgan fingerprint density at radius 1 is 0.872 bits per heavy atom. The van der Waals surface area contributed by atoms with E-state index < -0.39 is 0 Å². The van der Waals surface area contributed by atoms with Crippen LogP contribution in [0.2, 0.25) is 0 Å². The molecule has 4 aromatic carbocycles. The van der Waals surface area contributed by atoms with Crippen LogP contribution in [-0.4, -0.2) is 27.2 Å². The Morgan fingerprint density at radius 2 is 1.56 bits per heavy atom. The number of benzene rings is 4. The summed E-state index contributed by atoms with van der Waals surface area (Å²) in [5.74, 6) is 0.856. The van der Waals surface area contributed by atoms with Gasteiger partial charge in [-0.25, -0.2) is 9.67 Å². The zero-order valence-electron chi connectivity index (χ0n) is 21.3. The van der Waals surface area contributed by atoms with Crippen LogP contribution in [0.5, 0.6) is 5.75 Å². The average molecular weight is 512 g/mol. The lowest BCUT2D eigenvalue weighted by molar-refractivity contribution is 0.105. The van der Waals surface area contributed by atoms with Crippen molar-refractivity contribution in [2.75, 3.05) is 6.61 Å². The van der Waals surface area contributed by atoms with Crippen LogP contribution in [0.25, 0.3) is 39.7 Å². The number of allylic oxidation sites excluding steroid dienone is 1. The van der Waals surface area contributed by atoms with E-state index >= 15 is 0 Å². The molecular formula is C33H25N3O3. The van der Waals surface area contributed by atoms with E-state index in [-0.39, 0.29) is 11.7 Å². The van der Waals surface area contributed by atoms with Gasteiger partial charge in [0.15, 0.2) is 11.4 Å². The lowest BCUT2D eigenvalue weighted by Gasteiger charge is -2.06. The summed E-state index contributed by atoms with van der Waals surface area (Å²) in [5.41, 5.74) is 5.46. The fourth-order valence-corrected chi connectivity index (χ4v) is 4.42. The van der Waals surface area contributed by atoms with Gasteiger partial charge >= 0.3 is 0 Å². The molecule has 6 heteroatoms. The first-order valence-electron chi connectivity index (χ1n) is 12.8. The highest BCUT2D eigenvalue weighted by atomic mass is 16.5. The number of rotatable bonds is 8. The molecule has 6 rings (SSSR count). The van der Waals surface area contributed by atoms with Crippen molar-refractivity contribution >= 4 is 28.5 Å². The van der Waals surface area contributed by atoms with Gasteiger partial charge in [-0.05, 0) is 61.5 Å². The number of ether oxygens (including phenoxy) is 1. The molecule has 0 amide bonds. The first-order valence-corrected chi connectivity index (χ1v) is 12.8. The molecular weight excluding hydrogens is 486 g/mol. The second kappa shape index (κ2) is 10.6. The molecule has 0 unspecified atom stereocenters. The van der Waals surface area contributed by atoms with E-state index in [1.807, 2.05) is 121 Å². The number of fused-ring (bicyclic) bond motifs is 1. The Kier molecular flexibility index (Phi) is 6.58. The smallest absolute Gasteiger partial charge is 0.231 e. The number of hydrogen-bond acceptors (Lipinski definition) is 5. The lowest BCUT2D eigenvalue weighted by Crippen LogP contribution is -2.03. The van der Waals surface area contributed by atoms with E-state index in [0.29, 0.717) is 28.8 Å². The van der Waals surface area contributed by atoms with Crippen LogP contribution < -0.4 is 4.74 Å². The number of carbonyl (C=O) groups is 1. The van der Waals surface area contributed by atoms with E-state index in [0.717, 1.165) is 28.3 Å². The van der Waals surface area contributed by atoms with Gasteiger partial charge in [0.25, 0.3) is 0 Å². The molecule has 0 fully saturated rings. The van der Waals surface area contributed by atoms with Gasteiger partial charge in [0.2, 0.25) is 5.89 Å². The lowest BCUT2D eigenvalue weighted by atomic mass is 9.99. The van der Waals surface area contributed by atoms with Gasteiger partial charge in [0.1, 0.15) is 11.3 Å². The summed E-state index contributed by atoms with van der Waals surface area (Å²) in [4.78, 5) is 18.5. The summed E-state index contributed by atoms with van der Waals surface area (Å²) in [7, 11) is 0. The van der Waals surface area contributed by atoms with E-state index in [2.05, 4.69) is 4.98 Å². The van der Waals surface area contributed by atoms with E-state index in [4.69, 9.17) is 14.3 Å². The summed E-state index contributed by atoms with van der Waals surface area (Å²) < 4.78 is 13.5. The highest BCUT2D eigenvalue weighted by Crippen LogP contribution is 2.31. The second-order valence-corrected chi connectivity index (χ2v) is 8.91. The number of carbonyl (C=O) groups excluding carboxylic acids is 1. The maximum atomic E-state index is 13.9. The van der Waals surface area contributed by atoms with E-state index in [9.17, 15) is 4.79 Å². The summed E-state index contributed by atoms with van der Waals surface area (Å²) >= 11 is 0. The predicted molar refractivity (Wildman–Crippen MR) is 153 cm³/mol. The summed E-state index contributed by atoms with van der Waals surface area (Å²) in [6, 6.07) is 34.3. The van der Waals surface area contributed by atoms with Crippen LogP contribution in [0, 0.1) is 0 Å². The number of ketones is 1. The van der Waals surface area contributed by atoms with Gasteiger partial charge in [-0.2, -0.15) is 5.10 Å². The number of nitrogens with zero attached hydrogens (tertiary/aromatic N) is 3. The summed E-state index contributed by atoms with van der Waals surface area (Å²) in [6.07, 6.45) is 3.74. The third-order valence-electron chi connectivity index (χ3n) is 6.31. The Labute approximate surface area is 225 Å². The third-order valence-corrected chi connectivity index (χ3v) is 6.31. The fraction of sp³-hybridized carbons (Fsp3) is 0.0606. The highest BCUT2D eigenvalue weighted by molar-refractivity contribution is 6.31. The number of aromatic nitrogens is 3. The molecule has 2 heterocycles. The summed E-state index contributed by atoms with van der Waals surface area (Å²) in [6.45, 7) is 2.54. The van der Waals surface area contributed by atoms with Crippen LogP contribution >= 0.6 is 0 Å². The van der Waals surface area contributed by atoms with Gasteiger partial charge in [0, 0.05) is 22.9 Å². The minimum absolute atomic E-state index is 0.188. The standard InChI is InChI=1S/C33H25N3O3/c1-2-38-27-19-17-23(18-20-27)31-25(22-36(35-31)26-13-7-4-8-14-26)21-28(32(37)24-11-5-3-6-12-24)33-34-29-15-9-10-16-30(29)39-33/h3-22H,2H2,1H3/b28-21-. The van der Waals surface area contributed by atoms with Crippen molar-refractivity contribution in [1.82, 2.24) is 14.8 Å². The van der Waals surface area contributed by atoms with Crippen molar-refractivity contribution in [3.63, 3.8) is 0 Å². The SMILES string of the molecule is CCOc1ccc(-c2nn(-c3ccccc3)cc2/C=C(/C(=O)c2ccccc2)c2nc3ccccc3o2)cc1. The average Bonchev–Trinajstić information content (AvgIpc) is 3.62. The minimum Gasteiger partial charge on any atom is -0.494 e. The molecule has 0 saturated heterocycles.